The highest BCUT2D eigenvalue weighted by molar-refractivity contribution is 6.35. The molecular formula is C29H26ClN5O. The molecule has 1 fully saturated rings. The summed E-state index contributed by atoms with van der Waals surface area (Å²) in [6.45, 7) is 5.39. The fourth-order valence-electron chi connectivity index (χ4n) is 5.09. The number of carbonyl (C=O) groups excluding carboxylic acids is 1. The summed E-state index contributed by atoms with van der Waals surface area (Å²) in [5.74, 6) is -0.0504. The van der Waals surface area contributed by atoms with E-state index < -0.39 is 0 Å². The minimum absolute atomic E-state index is 0.0504. The molecule has 180 valence electrons. The zero-order chi connectivity index (χ0) is 24.5. The molecule has 0 radical (unpaired) electrons. The molecule has 0 atom stereocenters. The van der Waals surface area contributed by atoms with E-state index in [2.05, 4.69) is 50.1 Å². The molecule has 6 nitrogen and oxygen atoms in total. The first-order chi connectivity index (χ1) is 17.7. The average Bonchev–Trinajstić information content (AvgIpc) is 3.27. The van der Waals surface area contributed by atoms with Gasteiger partial charge in [-0.15, -0.1) is 0 Å². The van der Waals surface area contributed by atoms with Crippen LogP contribution in [-0.4, -0.2) is 47.0 Å². The zero-order valence-corrected chi connectivity index (χ0v) is 20.6. The largest absolute Gasteiger partial charge is 0.369 e. The number of anilines is 2. The molecule has 2 aromatic carbocycles. The average molecular weight is 496 g/mol. The maximum absolute atomic E-state index is 13.1. The summed E-state index contributed by atoms with van der Waals surface area (Å²) in [6.07, 6.45) is 7.54. The van der Waals surface area contributed by atoms with Gasteiger partial charge in [0.15, 0.2) is 0 Å². The van der Waals surface area contributed by atoms with Crippen molar-refractivity contribution in [1.82, 2.24) is 14.9 Å². The Bertz CT molecular complexity index is 1400. The molecule has 36 heavy (non-hydrogen) atoms. The third-order valence-corrected chi connectivity index (χ3v) is 7.29. The van der Waals surface area contributed by atoms with E-state index in [1.54, 1.807) is 11.0 Å². The van der Waals surface area contributed by atoms with Crippen molar-refractivity contribution in [3.63, 3.8) is 0 Å². The van der Waals surface area contributed by atoms with Crippen LogP contribution in [0.4, 0.5) is 11.4 Å². The van der Waals surface area contributed by atoms with E-state index in [9.17, 15) is 4.79 Å². The molecule has 0 saturated carbocycles. The Morgan fingerprint density at radius 3 is 2.42 bits per heavy atom. The van der Waals surface area contributed by atoms with E-state index in [4.69, 9.17) is 11.6 Å². The quantitative estimate of drug-likeness (QED) is 0.377. The Morgan fingerprint density at radius 2 is 1.61 bits per heavy atom. The predicted octanol–water partition coefficient (Wildman–Crippen LogP) is 5.28. The number of amides is 1. The van der Waals surface area contributed by atoms with Crippen LogP contribution >= 0.6 is 11.6 Å². The Morgan fingerprint density at radius 1 is 0.806 bits per heavy atom. The molecule has 7 heteroatoms. The first-order valence-electron chi connectivity index (χ1n) is 12.2. The maximum atomic E-state index is 13.1. The number of fused-ring (bicyclic) bond motifs is 1. The van der Waals surface area contributed by atoms with Crippen molar-refractivity contribution >= 4 is 28.9 Å². The summed E-state index contributed by atoms with van der Waals surface area (Å²) in [7, 11) is 0. The first kappa shape index (κ1) is 22.7. The van der Waals surface area contributed by atoms with Crippen LogP contribution in [0.15, 0.2) is 85.5 Å². The molecule has 1 amide bonds. The number of hydrogen-bond donors (Lipinski definition) is 0. The highest BCUT2D eigenvalue weighted by Crippen LogP contribution is 2.34. The molecule has 2 aromatic heterocycles. The second-order valence-electron chi connectivity index (χ2n) is 9.27. The van der Waals surface area contributed by atoms with Crippen LogP contribution in [0.2, 0.25) is 5.02 Å². The van der Waals surface area contributed by atoms with E-state index in [1.165, 1.54) is 11.3 Å². The monoisotopic (exact) mass is 495 g/mol. The summed E-state index contributed by atoms with van der Waals surface area (Å²) in [6, 6.07) is 20.1. The summed E-state index contributed by atoms with van der Waals surface area (Å²) < 4.78 is 0. The number of benzene rings is 2. The van der Waals surface area contributed by atoms with Gasteiger partial charge in [-0.1, -0.05) is 35.9 Å². The van der Waals surface area contributed by atoms with Crippen LogP contribution in [0, 0.1) is 0 Å². The zero-order valence-electron chi connectivity index (χ0n) is 19.8. The lowest BCUT2D eigenvalue weighted by molar-refractivity contribution is 0.0997. The number of carbonyl (C=O) groups is 1. The summed E-state index contributed by atoms with van der Waals surface area (Å²) in [4.78, 5) is 28.4. The summed E-state index contributed by atoms with van der Waals surface area (Å²) in [5, 5.41) is 0.509. The van der Waals surface area contributed by atoms with Crippen molar-refractivity contribution in [3.05, 3.63) is 107 Å². The molecule has 0 unspecified atom stereocenters. The van der Waals surface area contributed by atoms with Gasteiger partial charge in [0.1, 0.15) is 0 Å². The molecule has 2 aliphatic rings. The molecule has 1 saturated heterocycles. The number of piperazine rings is 1. The van der Waals surface area contributed by atoms with Crippen LogP contribution in [0.1, 0.15) is 21.5 Å². The molecule has 0 aliphatic carbocycles. The van der Waals surface area contributed by atoms with E-state index >= 15 is 0 Å². The van der Waals surface area contributed by atoms with E-state index in [-0.39, 0.29) is 5.91 Å². The molecule has 6 rings (SSSR count). The second-order valence-corrected chi connectivity index (χ2v) is 9.67. The van der Waals surface area contributed by atoms with Crippen LogP contribution in [0.5, 0.6) is 0 Å². The number of nitrogens with zero attached hydrogens (tertiary/aromatic N) is 5. The van der Waals surface area contributed by atoms with Crippen LogP contribution in [0.3, 0.4) is 0 Å². The topological polar surface area (TPSA) is 52.6 Å². The Hall–Kier alpha value is -3.74. The van der Waals surface area contributed by atoms with Gasteiger partial charge in [-0.2, -0.15) is 0 Å². The van der Waals surface area contributed by atoms with Gasteiger partial charge in [0.25, 0.3) is 5.91 Å². The van der Waals surface area contributed by atoms with Crippen LogP contribution < -0.4 is 9.80 Å². The number of rotatable bonds is 5. The smallest absolute Gasteiger partial charge is 0.260 e. The molecule has 0 spiro atoms. The van der Waals surface area contributed by atoms with Crippen LogP contribution in [0.25, 0.3) is 11.1 Å². The van der Waals surface area contributed by atoms with Crippen molar-refractivity contribution < 1.29 is 4.79 Å². The normalized spacial score (nSPS) is 15.9. The fraction of sp³-hybridized carbons (Fsp3) is 0.207. The molecule has 4 aromatic rings. The fourth-order valence-corrected chi connectivity index (χ4v) is 5.36. The van der Waals surface area contributed by atoms with Crippen molar-refractivity contribution in [2.24, 2.45) is 0 Å². The van der Waals surface area contributed by atoms with Crippen molar-refractivity contribution in [1.29, 1.82) is 0 Å². The maximum Gasteiger partial charge on any atom is 0.260 e. The van der Waals surface area contributed by atoms with Crippen LogP contribution in [-0.2, 0) is 13.1 Å². The van der Waals surface area contributed by atoms with Gasteiger partial charge < -0.3 is 9.80 Å². The minimum atomic E-state index is -0.0504. The summed E-state index contributed by atoms with van der Waals surface area (Å²) >= 11 is 6.32. The highest BCUT2D eigenvalue weighted by Gasteiger charge is 2.30. The van der Waals surface area contributed by atoms with Crippen molar-refractivity contribution in [2.45, 2.75) is 13.1 Å². The van der Waals surface area contributed by atoms with Gasteiger partial charge in [-0.25, -0.2) is 0 Å². The van der Waals surface area contributed by atoms with Gasteiger partial charge in [-0.05, 0) is 53.1 Å². The van der Waals surface area contributed by atoms with Gasteiger partial charge in [-0.3, -0.25) is 19.7 Å². The van der Waals surface area contributed by atoms with E-state index in [0.29, 0.717) is 17.1 Å². The number of aromatic nitrogens is 2. The predicted molar refractivity (Wildman–Crippen MR) is 143 cm³/mol. The molecule has 4 heterocycles. The Kier molecular flexibility index (Phi) is 6.13. The third kappa shape index (κ3) is 4.45. The van der Waals surface area contributed by atoms with Gasteiger partial charge in [0.2, 0.25) is 0 Å². The SMILES string of the molecule is O=C1c2c(Cl)cccc2CN1c1cccc(-c2cncc(CN3CCN(c4ccncc4)CC3)c2)c1. The number of pyridine rings is 2. The van der Waals surface area contributed by atoms with Crippen molar-refractivity contribution in [3.8, 4) is 11.1 Å². The summed E-state index contributed by atoms with van der Waals surface area (Å²) in [5.41, 5.74) is 6.94. The standard InChI is InChI=1S/C29H26ClN5O/c30-27-6-2-4-23-20-35(29(36)28(23)27)26-5-1-3-22(16-26)24-15-21(17-32-18-24)19-33-11-13-34(14-12-33)25-7-9-31-10-8-25/h1-10,15-18H,11-14,19-20H2. The lowest BCUT2D eigenvalue weighted by Gasteiger charge is -2.36. The molecule has 0 bridgehead atoms. The van der Waals surface area contributed by atoms with E-state index in [0.717, 1.165) is 55.1 Å². The Balaban J connectivity index is 1.16. The van der Waals surface area contributed by atoms with E-state index in [1.807, 2.05) is 49.1 Å². The van der Waals surface area contributed by atoms with Crippen molar-refractivity contribution in [2.75, 3.05) is 36.0 Å². The number of halogens is 1. The van der Waals surface area contributed by atoms with Gasteiger partial charge in [0.05, 0.1) is 17.1 Å². The Labute approximate surface area is 215 Å². The highest BCUT2D eigenvalue weighted by atomic mass is 35.5. The third-order valence-electron chi connectivity index (χ3n) is 6.98. The minimum Gasteiger partial charge on any atom is -0.369 e. The molecular weight excluding hydrogens is 470 g/mol. The molecule has 0 N–H and O–H groups in total. The lowest BCUT2D eigenvalue weighted by Crippen LogP contribution is -2.45. The van der Waals surface area contributed by atoms with Gasteiger partial charge in [0, 0.05) is 74.4 Å². The number of hydrogen-bond acceptors (Lipinski definition) is 5. The van der Waals surface area contributed by atoms with Gasteiger partial charge >= 0.3 is 0 Å². The first-order valence-corrected chi connectivity index (χ1v) is 12.5. The molecule has 2 aliphatic heterocycles. The second kappa shape index (κ2) is 9.72. The lowest BCUT2D eigenvalue weighted by atomic mass is 10.0.